The van der Waals surface area contributed by atoms with Gasteiger partial charge in [0.25, 0.3) is 0 Å². The smallest absolute Gasteiger partial charge is 0.0713 e. The molecule has 6 heteroatoms. The molecule has 2 unspecified atom stereocenters. The largest absolute Gasteiger partial charge is 0.383 e. The summed E-state index contributed by atoms with van der Waals surface area (Å²) in [4.78, 5) is 0. The van der Waals surface area contributed by atoms with Crippen molar-refractivity contribution in [2.45, 2.75) is 32.9 Å². The van der Waals surface area contributed by atoms with Crippen LogP contribution >= 0.6 is 15.9 Å². The van der Waals surface area contributed by atoms with Crippen molar-refractivity contribution in [2.75, 3.05) is 13.7 Å². The summed E-state index contributed by atoms with van der Waals surface area (Å²) in [5.41, 5.74) is 4.42. The van der Waals surface area contributed by atoms with Gasteiger partial charge in [-0.3, -0.25) is 16.0 Å². The van der Waals surface area contributed by atoms with Crippen LogP contribution in [0.1, 0.15) is 32.0 Å². The molecule has 1 aromatic heterocycles. The van der Waals surface area contributed by atoms with Crippen molar-refractivity contribution in [1.82, 2.24) is 15.2 Å². The predicted molar refractivity (Wildman–Crippen MR) is 73.8 cm³/mol. The number of nitrogens with zero attached hydrogens (tertiary/aromatic N) is 2. The molecule has 0 spiro atoms. The van der Waals surface area contributed by atoms with Gasteiger partial charge in [-0.2, -0.15) is 5.10 Å². The van der Waals surface area contributed by atoms with E-state index in [0.29, 0.717) is 17.9 Å². The lowest BCUT2D eigenvalue weighted by molar-refractivity contribution is 0.181. The first kappa shape index (κ1) is 14.0. The van der Waals surface area contributed by atoms with Crippen LogP contribution in [0, 0.1) is 11.3 Å². The van der Waals surface area contributed by atoms with Crippen LogP contribution in [0.15, 0.2) is 10.7 Å². The number of methoxy groups -OCH3 is 1. The summed E-state index contributed by atoms with van der Waals surface area (Å²) in [5, 5.41) is 4.37. The highest BCUT2D eigenvalue weighted by Crippen LogP contribution is 2.58. The van der Waals surface area contributed by atoms with E-state index < -0.39 is 0 Å². The van der Waals surface area contributed by atoms with Crippen LogP contribution in [0.2, 0.25) is 0 Å². The Balaban J connectivity index is 2.22. The van der Waals surface area contributed by atoms with E-state index in [1.807, 2.05) is 10.9 Å². The third-order valence-electron chi connectivity index (χ3n) is 3.81. The third-order valence-corrected chi connectivity index (χ3v) is 4.42. The molecule has 1 aliphatic carbocycles. The Morgan fingerprint density at radius 2 is 2.39 bits per heavy atom. The summed E-state index contributed by atoms with van der Waals surface area (Å²) in [5.74, 6) is 6.30. The standard InChI is InChI=1S/C12H21BrN4O/c1-12(2)6-8(12)10(16-14)11-9(13)7-15-17(11)4-5-18-3/h7-8,10,16H,4-6,14H2,1-3H3. The maximum absolute atomic E-state index is 5.75. The summed E-state index contributed by atoms with van der Waals surface area (Å²) in [7, 11) is 1.70. The first-order valence-electron chi connectivity index (χ1n) is 6.17. The van der Waals surface area contributed by atoms with Crippen LogP contribution in [0.3, 0.4) is 0 Å². The maximum atomic E-state index is 5.75. The maximum Gasteiger partial charge on any atom is 0.0713 e. The molecule has 3 N–H and O–H groups in total. The van der Waals surface area contributed by atoms with E-state index in [2.05, 4.69) is 40.3 Å². The second kappa shape index (κ2) is 5.28. The zero-order valence-electron chi connectivity index (χ0n) is 11.1. The van der Waals surface area contributed by atoms with Crippen LogP contribution in [-0.2, 0) is 11.3 Å². The van der Waals surface area contributed by atoms with Crippen molar-refractivity contribution in [1.29, 1.82) is 0 Å². The van der Waals surface area contributed by atoms with Crippen LogP contribution < -0.4 is 11.3 Å². The first-order chi connectivity index (χ1) is 8.51. The molecule has 0 radical (unpaired) electrons. The molecule has 5 nitrogen and oxygen atoms in total. The highest BCUT2D eigenvalue weighted by Gasteiger charge is 2.51. The van der Waals surface area contributed by atoms with Gasteiger partial charge < -0.3 is 4.74 Å². The van der Waals surface area contributed by atoms with E-state index >= 15 is 0 Å². The molecule has 0 saturated heterocycles. The Kier molecular flexibility index (Phi) is 4.11. The van der Waals surface area contributed by atoms with E-state index in [4.69, 9.17) is 10.6 Å². The predicted octanol–water partition coefficient (Wildman–Crippen LogP) is 1.84. The number of ether oxygens (including phenoxy) is 1. The summed E-state index contributed by atoms with van der Waals surface area (Å²) < 4.78 is 8.08. The first-order valence-corrected chi connectivity index (χ1v) is 6.97. The monoisotopic (exact) mass is 316 g/mol. The Morgan fingerprint density at radius 3 is 2.89 bits per heavy atom. The molecular formula is C12H21BrN4O. The molecule has 18 heavy (non-hydrogen) atoms. The molecule has 2 rings (SSSR count). The van der Waals surface area contributed by atoms with Gasteiger partial charge in [0.15, 0.2) is 0 Å². The Labute approximate surface area is 116 Å². The van der Waals surface area contributed by atoms with Gasteiger partial charge in [0.05, 0.1) is 35.6 Å². The Morgan fingerprint density at radius 1 is 1.72 bits per heavy atom. The van der Waals surface area contributed by atoms with E-state index in [1.165, 1.54) is 6.42 Å². The SMILES string of the molecule is COCCn1ncc(Br)c1C(NN)C1CC1(C)C. The summed E-state index contributed by atoms with van der Waals surface area (Å²) >= 11 is 3.56. The molecule has 1 aliphatic rings. The summed E-state index contributed by atoms with van der Waals surface area (Å²) in [6, 6.07) is 0.133. The van der Waals surface area contributed by atoms with E-state index in [0.717, 1.165) is 16.7 Å². The second-order valence-corrected chi connectivity index (χ2v) is 6.39. The molecule has 0 aliphatic heterocycles. The molecule has 1 heterocycles. The van der Waals surface area contributed by atoms with Crippen molar-refractivity contribution >= 4 is 15.9 Å². The van der Waals surface area contributed by atoms with Gasteiger partial charge >= 0.3 is 0 Å². The van der Waals surface area contributed by atoms with Gasteiger partial charge in [0.1, 0.15) is 0 Å². The fourth-order valence-electron chi connectivity index (χ4n) is 2.50. The van der Waals surface area contributed by atoms with Gasteiger partial charge in [0, 0.05) is 7.11 Å². The van der Waals surface area contributed by atoms with Crippen molar-refractivity contribution in [3.8, 4) is 0 Å². The van der Waals surface area contributed by atoms with Gasteiger partial charge in [0.2, 0.25) is 0 Å². The number of halogens is 1. The van der Waals surface area contributed by atoms with E-state index in [1.54, 1.807) is 7.11 Å². The molecule has 0 amide bonds. The number of hydrogen-bond donors (Lipinski definition) is 2. The number of nitrogens with two attached hydrogens (primary N) is 1. The van der Waals surface area contributed by atoms with Gasteiger partial charge in [-0.15, -0.1) is 0 Å². The molecule has 1 aromatic rings. The third kappa shape index (κ3) is 2.61. The highest BCUT2D eigenvalue weighted by molar-refractivity contribution is 9.10. The average molecular weight is 317 g/mol. The molecule has 102 valence electrons. The van der Waals surface area contributed by atoms with Crippen molar-refractivity contribution in [2.24, 2.45) is 17.2 Å². The fraction of sp³-hybridized carbons (Fsp3) is 0.750. The van der Waals surface area contributed by atoms with Crippen molar-refractivity contribution < 1.29 is 4.74 Å². The molecule has 1 fully saturated rings. The number of aromatic nitrogens is 2. The molecule has 2 atom stereocenters. The topological polar surface area (TPSA) is 65.1 Å². The van der Waals surface area contributed by atoms with Crippen LogP contribution in [-0.4, -0.2) is 23.5 Å². The Hall–Kier alpha value is -0.430. The van der Waals surface area contributed by atoms with Crippen molar-refractivity contribution in [3.05, 3.63) is 16.4 Å². The zero-order valence-corrected chi connectivity index (χ0v) is 12.7. The average Bonchev–Trinajstić information content (AvgIpc) is 2.79. The quantitative estimate of drug-likeness (QED) is 0.621. The summed E-state index contributed by atoms with van der Waals surface area (Å²) in [6.45, 7) is 5.92. The number of nitrogens with one attached hydrogen (secondary N) is 1. The lowest BCUT2D eigenvalue weighted by Gasteiger charge is -2.20. The number of hydrazine groups is 1. The van der Waals surface area contributed by atoms with Gasteiger partial charge in [-0.05, 0) is 33.7 Å². The Bertz CT molecular complexity index is 418. The normalized spacial score (nSPS) is 23.1. The molecular weight excluding hydrogens is 296 g/mol. The second-order valence-electron chi connectivity index (χ2n) is 5.54. The summed E-state index contributed by atoms with van der Waals surface area (Å²) in [6.07, 6.45) is 3.01. The van der Waals surface area contributed by atoms with Crippen LogP contribution in [0.25, 0.3) is 0 Å². The molecule has 0 aromatic carbocycles. The highest BCUT2D eigenvalue weighted by atomic mass is 79.9. The minimum atomic E-state index is 0.133. The lowest BCUT2D eigenvalue weighted by atomic mass is 10.0. The molecule has 0 bridgehead atoms. The van der Waals surface area contributed by atoms with E-state index in [-0.39, 0.29) is 6.04 Å². The van der Waals surface area contributed by atoms with Gasteiger partial charge in [-0.25, -0.2) is 0 Å². The lowest BCUT2D eigenvalue weighted by Crippen LogP contribution is -2.33. The molecule has 1 saturated carbocycles. The number of hydrogen-bond acceptors (Lipinski definition) is 4. The zero-order chi connectivity index (χ0) is 13.3. The number of rotatable bonds is 6. The van der Waals surface area contributed by atoms with E-state index in [9.17, 15) is 0 Å². The van der Waals surface area contributed by atoms with Gasteiger partial charge in [-0.1, -0.05) is 13.8 Å². The minimum Gasteiger partial charge on any atom is -0.383 e. The van der Waals surface area contributed by atoms with Crippen LogP contribution in [0.4, 0.5) is 0 Å². The minimum absolute atomic E-state index is 0.133. The van der Waals surface area contributed by atoms with Crippen molar-refractivity contribution in [3.63, 3.8) is 0 Å². The fourth-order valence-corrected chi connectivity index (χ4v) is 3.04. The van der Waals surface area contributed by atoms with Crippen LogP contribution in [0.5, 0.6) is 0 Å².